The molecular weight excluding hydrogens is 398 g/mol. The molecule has 4 heteroatoms. The average Bonchev–Trinajstić information content (AvgIpc) is 2.20. The third kappa shape index (κ3) is 4.33. The molecule has 0 fully saturated rings. The molecule has 0 N–H and O–H groups in total. The zero-order chi connectivity index (χ0) is 11.1. The van der Waals surface area contributed by atoms with Crippen LogP contribution in [0.15, 0.2) is 24.3 Å². The third-order valence-electron chi connectivity index (χ3n) is 1.92. The van der Waals surface area contributed by atoms with Crippen LogP contribution in [0.5, 0.6) is 0 Å². The van der Waals surface area contributed by atoms with E-state index >= 15 is 0 Å². The average molecular weight is 415 g/mol. The van der Waals surface area contributed by atoms with E-state index < -0.39 is 0 Å². The zero-order valence-corrected chi connectivity index (χ0v) is 12.9. The van der Waals surface area contributed by atoms with Crippen molar-refractivity contribution in [3.63, 3.8) is 0 Å². The first-order chi connectivity index (χ1) is 6.63. The van der Waals surface area contributed by atoms with Gasteiger partial charge in [-0.25, -0.2) is 0 Å². The number of anilines is 1. The Morgan fingerprint density at radius 1 is 1.14 bits per heavy atom. The van der Waals surface area contributed by atoms with E-state index in [1.807, 2.05) is 0 Å². The summed E-state index contributed by atoms with van der Waals surface area (Å²) in [4.78, 5) is 2.19. The first-order valence-corrected chi connectivity index (χ1v) is 9.49. The van der Waals surface area contributed by atoms with Crippen molar-refractivity contribution in [3.8, 4) is 0 Å². The number of hydrogen-bond acceptors (Lipinski definition) is 1. The van der Waals surface area contributed by atoms with Gasteiger partial charge in [0.15, 0.2) is 0 Å². The van der Waals surface area contributed by atoms with Gasteiger partial charge in [-0.2, -0.15) is 0 Å². The summed E-state index contributed by atoms with van der Waals surface area (Å²) in [6.07, 6.45) is 0. The standard InChI is InChI=1S/C10H16NP.Au.ClH/c1-11(2)9-7-5-6-8-10(9)12(3)4;;/h5-8H,1-4H3;;1H/q;+1;. The quantitative estimate of drug-likeness (QED) is 0.531. The Balaban J connectivity index is 0.000000791. The fourth-order valence-corrected chi connectivity index (χ4v) is 2.54. The van der Waals surface area contributed by atoms with Crippen LogP contribution in [-0.4, -0.2) is 27.4 Å². The van der Waals surface area contributed by atoms with Crippen LogP contribution < -0.4 is 10.2 Å². The molecule has 0 aliphatic heterocycles. The number of nitrogens with zero attached hydrogens (tertiary/aromatic N) is 1. The molecule has 0 aliphatic carbocycles. The Hall–Kier alpha value is 0.480. The summed E-state index contributed by atoms with van der Waals surface area (Å²) < 4.78 is 0. The van der Waals surface area contributed by atoms with Crippen molar-refractivity contribution in [1.82, 2.24) is 0 Å². The van der Waals surface area contributed by atoms with Crippen molar-refractivity contribution in [1.29, 1.82) is 0 Å². The molecule has 14 heavy (non-hydrogen) atoms. The van der Waals surface area contributed by atoms with E-state index in [9.17, 15) is 0 Å². The van der Waals surface area contributed by atoms with Gasteiger partial charge in [-0.05, 0) is 12.1 Å². The second-order valence-electron chi connectivity index (χ2n) is 3.41. The Bertz CT molecular complexity index is 239. The number of hydrogen-bond donors (Lipinski definition) is 0. The van der Waals surface area contributed by atoms with Gasteiger partial charge in [-0.1, -0.05) is 12.1 Å². The van der Waals surface area contributed by atoms with Crippen molar-refractivity contribution < 1.29 is 20.0 Å². The van der Waals surface area contributed by atoms with Crippen molar-refractivity contribution in [2.24, 2.45) is 0 Å². The van der Waals surface area contributed by atoms with Gasteiger partial charge < -0.3 is 4.90 Å². The normalized spacial score (nSPS) is 9.43. The van der Waals surface area contributed by atoms with Crippen LogP contribution in [0.3, 0.4) is 0 Å². The minimum atomic E-state index is -0.328. The summed E-state index contributed by atoms with van der Waals surface area (Å²) in [7, 11) is 8.46. The molecule has 1 nitrogen and oxygen atoms in total. The van der Waals surface area contributed by atoms with Gasteiger partial charge in [0, 0.05) is 22.0 Å². The minimum absolute atomic E-state index is 0.328. The maximum absolute atomic E-state index is 4.58. The van der Waals surface area contributed by atoms with Gasteiger partial charge in [-0.15, -0.1) is 0 Å². The number of halogens is 1. The second kappa shape index (κ2) is 7.73. The molecule has 1 rings (SSSR count). The molecule has 0 saturated heterocycles. The Labute approximate surface area is 104 Å². The molecule has 0 aliphatic rings. The van der Waals surface area contributed by atoms with Gasteiger partial charge in [0.1, 0.15) is 5.30 Å². The summed E-state index contributed by atoms with van der Waals surface area (Å²) in [5.74, 6) is 0. The van der Waals surface area contributed by atoms with Crippen LogP contribution >= 0.6 is 17.1 Å². The van der Waals surface area contributed by atoms with E-state index in [4.69, 9.17) is 0 Å². The monoisotopic (exact) mass is 414 g/mol. The topological polar surface area (TPSA) is 3.24 Å². The van der Waals surface area contributed by atoms with E-state index in [-0.39, 0.29) is 7.92 Å². The molecule has 0 saturated carbocycles. The molecule has 0 radical (unpaired) electrons. The predicted molar refractivity (Wildman–Crippen MR) is 66.4 cm³/mol. The van der Waals surface area contributed by atoms with Crippen LogP contribution in [0.1, 0.15) is 0 Å². The Morgan fingerprint density at radius 2 is 1.64 bits per heavy atom. The first-order valence-electron chi connectivity index (χ1n) is 4.31. The summed E-state index contributed by atoms with van der Waals surface area (Å²) in [5, 5.41) is 1.52. The molecule has 0 spiro atoms. The van der Waals surface area contributed by atoms with E-state index in [0.29, 0.717) is 0 Å². The van der Waals surface area contributed by atoms with Crippen molar-refractivity contribution >= 4 is 28.1 Å². The van der Waals surface area contributed by atoms with Gasteiger partial charge in [0.25, 0.3) is 0 Å². The van der Waals surface area contributed by atoms with Crippen LogP contribution in [0.2, 0.25) is 0 Å². The van der Waals surface area contributed by atoms with Gasteiger partial charge in [0.05, 0.1) is 19.0 Å². The third-order valence-corrected chi connectivity index (χ3v) is 3.42. The predicted octanol–water partition coefficient (Wildman–Crippen LogP) is 2.54. The molecule has 1 aromatic rings. The van der Waals surface area contributed by atoms with Crippen molar-refractivity contribution in [2.75, 3.05) is 32.3 Å². The summed E-state index contributed by atoms with van der Waals surface area (Å²) in [6.45, 7) is 4.65. The van der Waals surface area contributed by atoms with Gasteiger partial charge in [-0.3, -0.25) is 0 Å². The summed E-state index contributed by atoms with van der Waals surface area (Å²) >= 11 is 1.75. The fraction of sp³-hybridized carbons (Fsp3) is 0.400. The molecule has 0 unspecified atom stereocenters. The number of benzene rings is 1. The maximum atomic E-state index is 4.58. The summed E-state index contributed by atoms with van der Waals surface area (Å²) in [5.41, 5.74) is 1.37. The van der Waals surface area contributed by atoms with Crippen LogP contribution in [0.25, 0.3) is 0 Å². The Morgan fingerprint density at radius 3 is 2.00 bits per heavy atom. The van der Waals surface area contributed by atoms with Crippen LogP contribution in [0.4, 0.5) is 5.69 Å². The van der Waals surface area contributed by atoms with E-state index in [1.165, 1.54) is 11.0 Å². The molecule has 0 heterocycles. The number of rotatable bonds is 2. The van der Waals surface area contributed by atoms with E-state index in [2.05, 4.69) is 65.8 Å². The molecule has 0 bridgehead atoms. The molecule has 1 aromatic carbocycles. The van der Waals surface area contributed by atoms with Crippen LogP contribution in [-0.2, 0) is 20.0 Å². The molecule has 84 valence electrons. The van der Waals surface area contributed by atoms with E-state index in [1.54, 1.807) is 20.0 Å². The first kappa shape index (κ1) is 14.5. The fourth-order valence-electron chi connectivity index (χ4n) is 1.29. The Kier molecular flexibility index (Phi) is 8.00. The molecular formula is C10H17AuClNP+. The zero-order valence-electron chi connectivity index (χ0n) is 8.94. The van der Waals surface area contributed by atoms with E-state index in [0.717, 1.165) is 0 Å². The SMILES string of the molecule is CN(C)c1ccccc1[PH+](C)C.[Cl][Au]. The van der Waals surface area contributed by atoms with Crippen molar-refractivity contribution in [2.45, 2.75) is 0 Å². The molecule has 0 amide bonds. The summed E-state index contributed by atoms with van der Waals surface area (Å²) in [6, 6.07) is 8.65. The van der Waals surface area contributed by atoms with Crippen molar-refractivity contribution in [3.05, 3.63) is 24.3 Å². The van der Waals surface area contributed by atoms with Crippen LogP contribution in [0, 0.1) is 0 Å². The molecule has 0 aromatic heterocycles. The van der Waals surface area contributed by atoms with Gasteiger partial charge in [0.2, 0.25) is 0 Å². The second-order valence-corrected chi connectivity index (χ2v) is 5.95. The van der Waals surface area contributed by atoms with Gasteiger partial charge >= 0.3 is 29.2 Å². The number of para-hydroxylation sites is 1. The molecule has 0 atom stereocenters.